The third-order valence-corrected chi connectivity index (χ3v) is 5.28. The number of rotatable bonds is 7. The van der Waals surface area contributed by atoms with Crippen LogP contribution in [-0.2, 0) is 4.74 Å². The molecule has 0 amide bonds. The summed E-state index contributed by atoms with van der Waals surface area (Å²) in [7, 11) is 2.26. The Balaban J connectivity index is 2.43. The number of hydrogen-bond acceptors (Lipinski definition) is 4. The molecule has 0 bridgehead atoms. The molecular weight excluding hydrogens is 250 g/mol. The second kappa shape index (κ2) is 7.93. The summed E-state index contributed by atoms with van der Waals surface area (Å²) >= 11 is 6.51. The van der Waals surface area contributed by atoms with Crippen molar-refractivity contribution in [2.24, 2.45) is 5.41 Å². The van der Waals surface area contributed by atoms with Crippen molar-refractivity contribution in [3.63, 3.8) is 0 Å². The smallest absolute Gasteiger partial charge is 0.0472 e. The van der Waals surface area contributed by atoms with Gasteiger partial charge in [-0.1, -0.05) is 0 Å². The molecule has 1 aliphatic heterocycles. The van der Waals surface area contributed by atoms with Crippen LogP contribution in [0.4, 0.5) is 0 Å². The van der Waals surface area contributed by atoms with Gasteiger partial charge in [0.15, 0.2) is 0 Å². The molecular formula is C13H27NOS2. The van der Waals surface area contributed by atoms with E-state index in [9.17, 15) is 0 Å². The average molecular weight is 277 g/mol. The summed E-state index contributed by atoms with van der Waals surface area (Å²) in [5.41, 5.74) is 0.379. The molecule has 1 rings (SSSR count). The molecule has 0 saturated carbocycles. The first-order chi connectivity index (χ1) is 8.13. The van der Waals surface area contributed by atoms with E-state index in [-0.39, 0.29) is 0 Å². The van der Waals surface area contributed by atoms with E-state index in [1.807, 2.05) is 11.8 Å². The van der Waals surface area contributed by atoms with Crippen LogP contribution in [0, 0.1) is 5.41 Å². The lowest BCUT2D eigenvalue weighted by Crippen LogP contribution is -2.44. The van der Waals surface area contributed by atoms with Gasteiger partial charge < -0.3 is 9.64 Å². The zero-order valence-corrected chi connectivity index (χ0v) is 13.2. The molecule has 0 spiro atoms. The van der Waals surface area contributed by atoms with Crippen molar-refractivity contribution in [2.75, 3.05) is 44.6 Å². The van der Waals surface area contributed by atoms with Crippen LogP contribution in [0.3, 0.4) is 0 Å². The highest BCUT2D eigenvalue weighted by Gasteiger charge is 2.33. The summed E-state index contributed by atoms with van der Waals surface area (Å²) in [6.45, 7) is 5.32. The molecule has 1 heterocycles. The van der Waals surface area contributed by atoms with Crippen LogP contribution < -0.4 is 0 Å². The molecule has 17 heavy (non-hydrogen) atoms. The maximum atomic E-state index is 5.48. The molecule has 0 N–H and O–H groups in total. The van der Waals surface area contributed by atoms with E-state index >= 15 is 0 Å². The number of hydrogen-bond donors (Lipinski definition) is 1. The maximum Gasteiger partial charge on any atom is 0.0472 e. The Morgan fingerprint density at radius 3 is 2.59 bits per heavy atom. The van der Waals surface area contributed by atoms with E-state index in [2.05, 4.69) is 37.8 Å². The molecule has 2 nitrogen and oxygen atoms in total. The molecule has 1 fully saturated rings. The Morgan fingerprint density at radius 1 is 1.41 bits per heavy atom. The average Bonchev–Trinajstić information content (AvgIpc) is 2.36. The fourth-order valence-electron chi connectivity index (χ4n) is 2.36. The SMILES string of the molecule is CSCCC(C)N(C)CC1(CS)CCOCC1. The molecule has 4 heteroatoms. The second-order valence-electron chi connectivity index (χ2n) is 5.32. The van der Waals surface area contributed by atoms with Gasteiger partial charge in [-0.05, 0) is 56.4 Å². The van der Waals surface area contributed by atoms with Gasteiger partial charge in [-0.15, -0.1) is 0 Å². The Kier molecular flexibility index (Phi) is 7.31. The van der Waals surface area contributed by atoms with Gasteiger partial charge in [0.25, 0.3) is 0 Å². The first-order valence-corrected chi connectivity index (χ1v) is 8.54. The van der Waals surface area contributed by atoms with Gasteiger partial charge >= 0.3 is 0 Å². The Bertz CT molecular complexity index is 208. The summed E-state index contributed by atoms with van der Waals surface area (Å²) in [5, 5.41) is 0. The quantitative estimate of drug-likeness (QED) is 0.719. The topological polar surface area (TPSA) is 12.5 Å². The predicted octanol–water partition coefficient (Wildman–Crippen LogP) is 2.79. The molecule has 0 aromatic rings. The molecule has 0 aliphatic carbocycles. The molecule has 0 aromatic carbocycles. The van der Waals surface area contributed by atoms with Gasteiger partial charge in [-0.25, -0.2) is 0 Å². The highest BCUT2D eigenvalue weighted by atomic mass is 32.2. The van der Waals surface area contributed by atoms with Crippen LogP contribution in [0.5, 0.6) is 0 Å². The van der Waals surface area contributed by atoms with E-state index in [1.165, 1.54) is 12.2 Å². The van der Waals surface area contributed by atoms with Crippen molar-refractivity contribution in [3.8, 4) is 0 Å². The Morgan fingerprint density at radius 2 is 2.06 bits per heavy atom. The minimum absolute atomic E-state index is 0.379. The van der Waals surface area contributed by atoms with Gasteiger partial charge in [-0.3, -0.25) is 0 Å². The largest absolute Gasteiger partial charge is 0.381 e. The predicted molar refractivity (Wildman–Crippen MR) is 81.4 cm³/mol. The van der Waals surface area contributed by atoms with Gasteiger partial charge in [0.05, 0.1) is 0 Å². The van der Waals surface area contributed by atoms with Crippen LogP contribution >= 0.6 is 24.4 Å². The zero-order chi connectivity index (χ0) is 12.7. The molecule has 1 atom stereocenters. The van der Waals surface area contributed by atoms with Crippen LogP contribution in [0.1, 0.15) is 26.2 Å². The summed E-state index contributed by atoms with van der Waals surface area (Å²) in [6, 6.07) is 0.669. The van der Waals surface area contributed by atoms with Crippen LogP contribution in [0.15, 0.2) is 0 Å². The van der Waals surface area contributed by atoms with Crippen LogP contribution in [0.2, 0.25) is 0 Å². The highest BCUT2D eigenvalue weighted by Crippen LogP contribution is 2.33. The Labute approximate surface area is 116 Å². The zero-order valence-electron chi connectivity index (χ0n) is 11.4. The van der Waals surface area contributed by atoms with E-state index < -0.39 is 0 Å². The lowest BCUT2D eigenvalue weighted by atomic mass is 9.81. The molecule has 1 unspecified atom stereocenters. The normalized spacial score (nSPS) is 21.7. The van der Waals surface area contributed by atoms with Crippen molar-refractivity contribution in [1.29, 1.82) is 0 Å². The lowest BCUT2D eigenvalue weighted by Gasteiger charge is -2.40. The number of thiol groups is 1. The summed E-state index contributed by atoms with van der Waals surface area (Å²) in [4.78, 5) is 2.51. The number of thioether (sulfide) groups is 1. The fourth-order valence-corrected chi connectivity index (χ4v) is 3.36. The summed E-state index contributed by atoms with van der Waals surface area (Å²) in [6.07, 6.45) is 5.78. The van der Waals surface area contributed by atoms with Crippen LogP contribution in [-0.4, -0.2) is 55.5 Å². The third-order valence-electron chi connectivity index (χ3n) is 3.97. The van der Waals surface area contributed by atoms with Crippen molar-refractivity contribution in [1.82, 2.24) is 4.90 Å². The number of nitrogens with zero attached hydrogens (tertiary/aromatic N) is 1. The highest BCUT2D eigenvalue weighted by molar-refractivity contribution is 7.98. The van der Waals surface area contributed by atoms with Crippen LogP contribution in [0.25, 0.3) is 0 Å². The van der Waals surface area contributed by atoms with Gasteiger partial charge in [-0.2, -0.15) is 24.4 Å². The number of ether oxygens (including phenoxy) is 1. The van der Waals surface area contributed by atoms with Crippen molar-refractivity contribution in [3.05, 3.63) is 0 Å². The first kappa shape index (κ1) is 15.7. The van der Waals surface area contributed by atoms with Gasteiger partial charge in [0, 0.05) is 25.8 Å². The minimum Gasteiger partial charge on any atom is -0.381 e. The van der Waals surface area contributed by atoms with E-state index in [4.69, 9.17) is 4.74 Å². The van der Waals surface area contributed by atoms with E-state index in [1.54, 1.807) is 0 Å². The Hall–Kier alpha value is 0.620. The molecule has 0 radical (unpaired) electrons. The second-order valence-corrected chi connectivity index (χ2v) is 6.62. The first-order valence-electron chi connectivity index (χ1n) is 6.51. The van der Waals surface area contributed by atoms with E-state index in [0.717, 1.165) is 38.4 Å². The molecule has 0 aromatic heterocycles. The van der Waals surface area contributed by atoms with E-state index in [0.29, 0.717) is 11.5 Å². The minimum atomic E-state index is 0.379. The monoisotopic (exact) mass is 277 g/mol. The lowest BCUT2D eigenvalue weighted by molar-refractivity contribution is 0.00634. The molecule has 102 valence electrons. The summed E-state index contributed by atoms with van der Waals surface area (Å²) in [5.74, 6) is 2.23. The third kappa shape index (κ3) is 5.01. The van der Waals surface area contributed by atoms with Crippen molar-refractivity contribution >= 4 is 24.4 Å². The standard InChI is InChI=1S/C13H27NOS2/c1-12(4-9-17-3)14(2)10-13(11-16)5-7-15-8-6-13/h12,16H,4-11H2,1-3H3. The van der Waals surface area contributed by atoms with Gasteiger partial charge in [0.2, 0.25) is 0 Å². The van der Waals surface area contributed by atoms with Crippen molar-refractivity contribution < 1.29 is 4.74 Å². The summed E-state index contributed by atoms with van der Waals surface area (Å²) < 4.78 is 5.48. The maximum absolute atomic E-state index is 5.48. The molecule has 1 aliphatic rings. The molecule has 1 saturated heterocycles. The fraction of sp³-hybridized carbons (Fsp3) is 1.00. The van der Waals surface area contributed by atoms with Gasteiger partial charge in [0.1, 0.15) is 0 Å². The van der Waals surface area contributed by atoms with Crippen molar-refractivity contribution in [2.45, 2.75) is 32.2 Å².